The summed E-state index contributed by atoms with van der Waals surface area (Å²) in [4.78, 5) is 11.7. The summed E-state index contributed by atoms with van der Waals surface area (Å²) in [7, 11) is 1.66. The fourth-order valence-electron chi connectivity index (χ4n) is 4.67. The molecule has 3 aromatic rings. The lowest BCUT2D eigenvalue weighted by Gasteiger charge is -2.45. The number of methoxy groups -OCH3 is 1. The van der Waals surface area contributed by atoms with E-state index in [4.69, 9.17) is 20.1 Å². The van der Waals surface area contributed by atoms with Gasteiger partial charge >= 0.3 is 0 Å². The van der Waals surface area contributed by atoms with E-state index in [9.17, 15) is 4.79 Å². The third kappa shape index (κ3) is 4.52. The third-order valence-electron chi connectivity index (χ3n) is 6.23. The molecule has 3 N–H and O–H groups in total. The van der Waals surface area contributed by atoms with Gasteiger partial charge in [0.05, 0.1) is 7.11 Å². The molecular formula is C27H30N2O4. The number of nitrogens with one attached hydrogen (secondary N) is 1. The van der Waals surface area contributed by atoms with Crippen LogP contribution in [0.4, 0.5) is 0 Å². The van der Waals surface area contributed by atoms with Crippen LogP contribution in [0.3, 0.4) is 0 Å². The molecule has 6 heteroatoms. The predicted molar refractivity (Wildman–Crippen MR) is 128 cm³/mol. The Morgan fingerprint density at radius 3 is 2.30 bits per heavy atom. The quantitative estimate of drug-likeness (QED) is 0.330. The highest BCUT2D eigenvalue weighted by atomic mass is 16.5. The van der Waals surface area contributed by atoms with Gasteiger partial charge in [-0.25, -0.2) is 5.84 Å². The zero-order valence-electron chi connectivity index (χ0n) is 19.4. The molecule has 1 unspecified atom stereocenters. The molecule has 0 saturated carbocycles. The van der Waals surface area contributed by atoms with Crippen molar-refractivity contribution in [1.82, 2.24) is 5.43 Å². The van der Waals surface area contributed by atoms with Crippen molar-refractivity contribution in [2.24, 2.45) is 5.84 Å². The van der Waals surface area contributed by atoms with Gasteiger partial charge in [0.2, 0.25) is 0 Å². The van der Waals surface area contributed by atoms with E-state index in [2.05, 4.69) is 61.7 Å². The smallest absolute Gasteiger partial charge is 0.274 e. The summed E-state index contributed by atoms with van der Waals surface area (Å²) in [6.45, 7) is 5.92. The summed E-state index contributed by atoms with van der Waals surface area (Å²) in [6.07, 6.45) is -0.687. The Bertz CT molecular complexity index is 1110. The Balaban J connectivity index is 1.78. The fraction of sp³-hybridized carbons (Fsp3) is 0.296. The summed E-state index contributed by atoms with van der Waals surface area (Å²) in [5.74, 6) is 7.15. The minimum atomic E-state index is -0.687. The Morgan fingerprint density at radius 1 is 1.00 bits per heavy atom. The lowest BCUT2D eigenvalue weighted by Crippen LogP contribution is -2.43. The molecule has 0 saturated heterocycles. The number of rotatable bonds is 6. The van der Waals surface area contributed by atoms with E-state index in [1.165, 1.54) is 5.56 Å². The van der Waals surface area contributed by atoms with E-state index in [1.807, 2.05) is 30.3 Å². The van der Waals surface area contributed by atoms with Crippen molar-refractivity contribution in [3.8, 4) is 17.2 Å². The van der Waals surface area contributed by atoms with E-state index in [0.717, 1.165) is 22.6 Å². The molecule has 0 aliphatic carbocycles. The van der Waals surface area contributed by atoms with Crippen LogP contribution < -0.4 is 25.5 Å². The molecule has 3 atom stereocenters. The number of fused-ring (bicyclic) bond motifs is 1. The first kappa shape index (κ1) is 22.7. The number of amides is 1. The summed E-state index contributed by atoms with van der Waals surface area (Å²) in [5.41, 5.74) is 5.10. The number of carbonyl (C=O) groups is 1. The number of benzene rings is 3. The largest absolute Gasteiger partial charge is 0.497 e. The number of nitrogens with two attached hydrogens (primary N) is 1. The number of hydrogen-bond donors (Lipinski definition) is 2. The Kier molecular flexibility index (Phi) is 6.29. The zero-order chi connectivity index (χ0) is 23.6. The van der Waals surface area contributed by atoms with Gasteiger partial charge in [-0.1, -0.05) is 48.5 Å². The van der Waals surface area contributed by atoms with Gasteiger partial charge in [0.25, 0.3) is 5.91 Å². The van der Waals surface area contributed by atoms with Crippen LogP contribution in [0.2, 0.25) is 0 Å². The molecule has 1 heterocycles. The number of carbonyl (C=O) groups excluding carboxylic acids is 1. The summed E-state index contributed by atoms with van der Waals surface area (Å²) < 4.78 is 17.7. The highest BCUT2D eigenvalue weighted by Crippen LogP contribution is 2.53. The SMILES string of the molecule is COc1ccc2c(c1)OC(C)(C)[C@H](c1ccccc1)[C@H]2c1ccc(OC(C)C(=O)NN)cc1. The first-order valence-corrected chi connectivity index (χ1v) is 11.0. The van der Waals surface area contributed by atoms with Crippen LogP contribution in [0, 0.1) is 0 Å². The third-order valence-corrected chi connectivity index (χ3v) is 6.23. The Labute approximate surface area is 194 Å². The van der Waals surface area contributed by atoms with Gasteiger partial charge in [-0.05, 0) is 50.1 Å². The lowest BCUT2D eigenvalue weighted by atomic mass is 9.68. The fourth-order valence-corrected chi connectivity index (χ4v) is 4.67. The maximum absolute atomic E-state index is 11.7. The highest BCUT2D eigenvalue weighted by molar-refractivity contribution is 5.80. The summed E-state index contributed by atoms with van der Waals surface area (Å²) in [6, 6.07) is 24.4. The van der Waals surface area contributed by atoms with Crippen molar-refractivity contribution >= 4 is 5.91 Å². The van der Waals surface area contributed by atoms with Gasteiger partial charge in [0.1, 0.15) is 22.8 Å². The minimum absolute atomic E-state index is 0.0517. The van der Waals surface area contributed by atoms with Gasteiger partial charge in [-0.2, -0.15) is 0 Å². The molecule has 1 aliphatic heterocycles. The zero-order valence-corrected chi connectivity index (χ0v) is 19.4. The molecule has 0 aromatic heterocycles. The van der Waals surface area contributed by atoms with E-state index in [1.54, 1.807) is 14.0 Å². The molecular weight excluding hydrogens is 416 g/mol. The first-order chi connectivity index (χ1) is 15.8. The van der Waals surface area contributed by atoms with Gasteiger partial charge < -0.3 is 14.2 Å². The Hall–Kier alpha value is -3.51. The van der Waals surface area contributed by atoms with Crippen LogP contribution >= 0.6 is 0 Å². The van der Waals surface area contributed by atoms with E-state index >= 15 is 0 Å². The molecule has 4 rings (SSSR count). The lowest BCUT2D eigenvalue weighted by molar-refractivity contribution is -0.127. The van der Waals surface area contributed by atoms with Crippen molar-refractivity contribution in [2.75, 3.05) is 7.11 Å². The molecule has 1 aliphatic rings. The molecule has 33 heavy (non-hydrogen) atoms. The molecule has 172 valence electrons. The van der Waals surface area contributed by atoms with Crippen molar-refractivity contribution in [2.45, 2.75) is 44.3 Å². The van der Waals surface area contributed by atoms with Crippen LogP contribution in [0.1, 0.15) is 49.3 Å². The van der Waals surface area contributed by atoms with Crippen LogP contribution in [-0.2, 0) is 4.79 Å². The first-order valence-electron chi connectivity index (χ1n) is 11.0. The summed E-state index contributed by atoms with van der Waals surface area (Å²) >= 11 is 0. The maximum atomic E-state index is 11.7. The van der Waals surface area contributed by atoms with Crippen molar-refractivity contribution < 1.29 is 19.0 Å². The van der Waals surface area contributed by atoms with Crippen molar-refractivity contribution in [3.05, 3.63) is 89.5 Å². The average Bonchev–Trinajstić information content (AvgIpc) is 2.82. The normalized spacial score (nSPS) is 19.5. The molecule has 0 radical (unpaired) electrons. The second-order valence-corrected chi connectivity index (χ2v) is 8.81. The van der Waals surface area contributed by atoms with E-state index < -0.39 is 11.7 Å². The molecule has 0 spiro atoms. The van der Waals surface area contributed by atoms with Crippen molar-refractivity contribution in [1.29, 1.82) is 0 Å². The van der Waals surface area contributed by atoms with Crippen LogP contribution in [-0.4, -0.2) is 24.7 Å². The molecule has 0 fully saturated rings. The Morgan fingerprint density at radius 2 is 1.67 bits per heavy atom. The van der Waals surface area contributed by atoms with Crippen LogP contribution in [0.25, 0.3) is 0 Å². The second kappa shape index (κ2) is 9.16. The van der Waals surface area contributed by atoms with Gasteiger partial charge in [0.15, 0.2) is 6.10 Å². The molecule has 3 aromatic carbocycles. The van der Waals surface area contributed by atoms with Crippen LogP contribution in [0.15, 0.2) is 72.8 Å². The van der Waals surface area contributed by atoms with Gasteiger partial charge in [0, 0.05) is 23.5 Å². The van der Waals surface area contributed by atoms with Crippen molar-refractivity contribution in [3.63, 3.8) is 0 Å². The second-order valence-electron chi connectivity index (χ2n) is 8.81. The summed E-state index contributed by atoms with van der Waals surface area (Å²) in [5, 5.41) is 0. The van der Waals surface area contributed by atoms with E-state index in [0.29, 0.717) is 5.75 Å². The topological polar surface area (TPSA) is 82.8 Å². The number of hydrogen-bond acceptors (Lipinski definition) is 5. The maximum Gasteiger partial charge on any atom is 0.274 e. The monoisotopic (exact) mass is 446 g/mol. The van der Waals surface area contributed by atoms with E-state index in [-0.39, 0.29) is 17.7 Å². The number of hydrazine groups is 1. The minimum Gasteiger partial charge on any atom is -0.497 e. The highest BCUT2D eigenvalue weighted by Gasteiger charge is 2.45. The number of ether oxygens (including phenoxy) is 3. The molecule has 6 nitrogen and oxygen atoms in total. The van der Waals surface area contributed by atoms with Gasteiger partial charge in [-0.15, -0.1) is 0 Å². The predicted octanol–water partition coefficient (Wildman–Crippen LogP) is 4.54. The standard InChI is InChI=1S/C27H30N2O4/c1-17(26(30)29-28)32-20-12-10-18(11-13-20)24-22-15-14-21(31-4)16-23(22)33-27(2,3)25(24)19-8-6-5-7-9-19/h5-17,24-25H,28H2,1-4H3,(H,29,30)/t17?,24-,25+/m0/s1. The average molecular weight is 447 g/mol. The van der Waals surface area contributed by atoms with Crippen LogP contribution in [0.5, 0.6) is 17.2 Å². The van der Waals surface area contributed by atoms with Gasteiger partial charge in [-0.3, -0.25) is 10.2 Å². The molecule has 0 bridgehead atoms. The molecule has 1 amide bonds.